The molecule has 9 aromatic carbocycles. The molecule has 0 spiro atoms. The summed E-state index contributed by atoms with van der Waals surface area (Å²) in [6.45, 7) is 8.90. The van der Waals surface area contributed by atoms with Gasteiger partial charge in [-0.25, -0.2) is 0 Å². The molecular formula is C70H53N3+2. The molecule has 0 radical (unpaired) electrons. The van der Waals surface area contributed by atoms with E-state index in [0.717, 1.165) is 5.69 Å². The van der Waals surface area contributed by atoms with E-state index >= 15 is 0 Å². The van der Waals surface area contributed by atoms with E-state index in [0.29, 0.717) is 0 Å². The highest BCUT2D eigenvalue weighted by molar-refractivity contribution is 5.89. The standard InChI is InChI=1S/C70H53N3/c1-45-21-18-22-46(2)67(45)49-39-40-71-66(41-49)69(62-35-14-8-29-56(62)57-30-9-15-36-63(57)69)52-25-19-23-50(42-52)68(60-33-12-6-27-54(60)55-28-7-13-34-61(55)68)51-24-20-26-53(43-51)70(73-44-72(5)47(3)48(73)4)64-37-16-10-31-58(64)59-32-11-17-38-65(59)70/h6-43H,1-5H3/q+2. The number of hydrogen-bond donors (Lipinski definition) is 0. The molecule has 1 aliphatic heterocycles. The van der Waals surface area contributed by atoms with Crippen LogP contribution in [-0.4, -0.2) is 27.2 Å². The number of pyridine rings is 1. The fourth-order valence-corrected chi connectivity index (χ4v) is 13.9. The third-order valence-corrected chi connectivity index (χ3v) is 17.1. The largest absolute Gasteiger partial charge is 0.490 e. The number of aryl methyl sites for hydroxylation is 2. The summed E-state index contributed by atoms with van der Waals surface area (Å²) < 4.78 is 4.58. The minimum absolute atomic E-state index is 0.715. The van der Waals surface area contributed by atoms with Crippen LogP contribution >= 0.6 is 0 Å². The van der Waals surface area contributed by atoms with Gasteiger partial charge in [-0.2, -0.15) is 0 Å². The van der Waals surface area contributed by atoms with Crippen molar-refractivity contribution in [3.63, 3.8) is 0 Å². The minimum atomic E-state index is -0.743. The van der Waals surface area contributed by atoms with Gasteiger partial charge in [-0.05, 0) is 127 Å². The summed E-state index contributed by atoms with van der Waals surface area (Å²) in [5.41, 5.74) is 25.9. The van der Waals surface area contributed by atoms with E-state index in [9.17, 15) is 0 Å². The Bertz CT molecular complexity index is 3940. The van der Waals surface area contributed by atoms with Crippen molar-refractivity contribution in [2.24, 2.45) is 0 Å². The highest BCUT2D eigenvalue weighted by atomic mass is 15.2. The van der Waals surface area contributed by atoms with Crippen LogP contribution in [0.1, 0.15) is 86.3 Å². The molecule has 0 N–H and O–H groups in total. The number of benzene rings is 9. The highest BCUT2D eigenvalue weighted by Crippen LogP contribution is 2.61. The SMILES string of the molecule is CC1=C(C)[N+](C2(c3cccc(C4(c5cccc(C6(c7cc(-c8c(C)cccc8C)ccn7)c7ccccc7-c7ccccc76)c5)c5ccccc5-c5ccccc54)c3)c3ccccc3-c3ccccc32)=C=[N+]1C. The van der Waals surface area contributed by atoms with Crippen LogP contribution in [0.25, 0.3) is 44.5 Å². The Kier molecular flexibility index (Phi) is 9.37. The average Bonchev–Trinajstić information content (AvgIpc) is 4.11. The Morgan fingerprint density at radius 3 is 1.22 bits per heavy atom. The molecule has 346 valence electrons. The molecule has 1 aromatic heterocycles. The van der Waals surface area contributed by atoms with Crippen molar-refractivity contribution in [1.29, 1.82) is 0 Å². The van der Waals surface area contributed by atoms with Crippen LogP contribution in [0.3, 0.4) is 0 Å². The van der Waals surface area contributed by atoms with Gasteiger partial charge >= 0.3 is 6.01 Å². The molecular weight excluding hydrogens is 883 g/mol. The van der Waals surface area contributed by atoms with Gasteiger partial charge in [0.25, 0.3) is 16.9 Å². The van der Waals surface area contributed by atoms with Crippen LogP contribution in [0.15, 0.2) is 242 Å². The van der Waals surface area contributed by atoms with Gasteiger partial charge in [0.1, 0.15) is 0 Å². The van der Waals surface area contributed by atoms with E-state index in [1.165, 1.54) is 123 Å². The van der Waals surface area contributed by atoms with Crippen molar-refractivity contribution in [2.45, 2.75) is 44.1 Å². The van der Waals surface area contributed by atoms with Gasteiger partial charge in [0, 0.05) is 36.7 Å². The first kappa shape index (κ1) is 43.1. The molecule has 14 rings (SSSR count). The summed E-state index contributed by atoms with van der Waals surface area (Å²) in [6, 6.07) is 88.5. The number of aromatic nitrogens is 1. The van der Waals surface area contributed by atoms with Crippen molar-refractivity contribution in [1.82, 2.24) is 4.98 Å². The maximum Gasteiger partial charge on any atom is 0.490 e. The predicted molar refractivity (Wildman–Crippen MR) is 295 cm³/mol. The molecule has 10 aromatic rings. The zero-order valence-electron chi connectivity index (χ0n) is 41.8. The van der Waals surface area contributed by atoms with E-state index in [1.54, 1.807) is 0 Å². The Labute approximate surface area is 428 Å². The maximum absolute atomic E-state index is 5.46. The Balaban J connectivity index is 1.08. The van der Waals surface area contributed by atoms with E-state index in [2.05, 4.69) is 274 Å². The molecule has 0 atom stereocenters. The van der Waals surface area contributed by atoms with Gasteiger partial charge in [-0.3, -0.25) is 4.98 Å². The number of nitrogens with zero attached hydrogens (tertiary/aromatic N) is 3. The van der Waals surface area contributed by atoms with Gasteiger partial charge in [-0.1, -0.05) is 215 Å². The van der Waals surface area contributed by atoms with Crippen molar-refractivity contribution in [3.05, 3.63) is 315 Å². The Hall–Kier alpha value is -8.75. The van der Waals surface area contributed by atoms with Crippen LogP contribution in [0, 0.1) is 13.8 Å². The fraction of sp³-hybridized carbons (Fsp3) is 0.114. The van der Waals surface area contributed by atoms with Crippen LogP contribution in [0.2, 0.25) is 0 Å². The number of rotatable bonds is 7. The molecule has 0 amide bonds. The molecule has 0 saturated heterocycles. The molecule has 3 heteroatoms. The highest BCUT2D eigenvalue weighted by Gasteiger charge is 2.59. The van der Waals surface area contributed by atoms with Gasteiger partial charge < -0.3 is 0 Å². The van der Waals surface area contributed by atoms with E-state index < -0.39 is 16.4 Å². The first-order valence-electron chi connectivity index (χ1n) is 25.6. The summed E-state index contributed by atoms with van der Waals surface area (Å²) >= 11 is 0. The molecule has 0 fully saturated rings. The lowest BCUT2D eigenvalue weighted by molar-refractivity contribution is -0.548. The summed E-state index contributed by atoms with van der Waals surface area (Å²) in [4.78, 5) is 5.46. The quantitative estimate of drug-likeness (QED) is 0.146. The minimum Gasteiger partial charge on any atom is -0.260 e. The summed E-state index contributed by atoms with van der Waals surface area (Å²) in [5.74, 6) is 0. The number of hydrogen-bond acceptors (Lipinski definition) is 1. The van der Waals surface area contributed by atoms with Gasteiger partial charge in [-0.15, -0.1) is 0 Å². The van der Waals surface area contributed by atoms with Crippen molar-refractivity contribution >= 4 is 6.01 Å². The lowest BCUT2D eigenvalue weighted by atomic mass is 9.64. The molecule has 2 heterocycles. The first-order valence-corrected chi connectivity index (χ1v) is 25.6. The lowest BCUT2D eigenvalue weighted by Gasteiger charge is -2.37. The smallest absolute Gasteiger partial charge is 0.260 e. The van der Waals surface area contributed by atoms with Crippen molar-refractivity contribution in [2.75, 3.05) is 7.05 Å². The van der Waals surface area contributed by atoms with E-state index in [-0.39, 0.29) is 0 Å². The number of allylic oxidation sites excluding steroid dienone is 2. The predicted octanol–water partition coefficient (Wildman–Crippen LogP) is 15.5. The topological polar surface area (TPSA) is 18.9 Å². The summed E-state index contributed by atoms with van der Waals surface area (Å²) in [6.07, 6.45) is 2.03. The lowest BCUT2D eigenvalue weighted by Crippen LogP contribution is -2.39. The van der Waals surface area contributed by atoms with Crippen molar-refractivity contribution < 1.29 is 9.15 Å². The van der Waals surface area contributed by atoms with Crippen LogP contribution < -0.4 is 0 Å². The third kappa shape index (κ3) is 5.63. The average molecular weight is 936 g/mol. The zero-order chi connectivity index (χ0) is 49.2. The second-order valence-electron chi connectivity index (χ2n) is 20.5. The molecule has 0 saturated carbocycles. The first-order chi connectivity index (χ1) is 35.8. The molecule has 0 unspecified atom stereocenters. The number of fused-ring (bicyclic) bond motifs is 9. The monoisotopic (exact) mass is 935 g/mol. The van der Waals surface area contributed by atoms with Crippen LogP contribution in [-0.2, 0) is 16.4 Å². The zero-order valence-corrected chi connectivity index (χ0v) is 41.8. The summed E-state index contributed by atoms with van der Waals surface area (Å²) in [5, 5.41) is 0. The molecule has 3 nitrogen and oxygen atoms in total. The molecule has 4 aliphatic rings. The van der Waals surface area contributed by atoms with Crippen LogP contribution in [0.5, 0.6) is 0 Å². The van der Waals surface area contributed by atoms with Gasteiger partial charge in [0.15, 0.2) is 7.05 Å². The van der Waals surface area contributed by atoms with Crippen molar-refractivity contribution in [3.8, 4) is 44.5 Å². The molecule has 73 heavy (non-hydrogen) atoms. The molecule has 3 aliphatic carbocycles. The van der Waals surface area contributed by atoms with Gasteiger partial charge in [0.2, 0.25) is 0 Å². The van der Waals surface area contributed by atoms with Crippen LogP contribution in [0.4, 0.5) is 0 Å². The third-order valence-electron chi connectivity index (χ3n) is 17.1. The normalized spacial score (nSPS) is 15.7. The second kappa shape index (κ2) is 15.9. The van der Waals surface area contributed by atoms with E-state index in [1.807, 2.05) is 6.20 Å². The Morgan fingerprint density at radius 1 is 0.370 bits per heavy atom. The fourth-order valence-electron chi connectivity index (χ4n) is 13.9. The summed E-state index contributed by atoms with van der Waals surface area (Å²) in [7, 11) is 2.12. The second-order valence-corrected chi connectivity index (χ2v) is 20.5. The van der Waals surface area contributed by atoms with E-state index in [4.69, 9.17) is 4.98 Å². The maximum atomic E-state index is 5.46. The molecule has 0 bridgehead atoms. The van der Waals surface area contributed by atoms with Gasteiger partial charge in [0.05, 0.1) is 16.5 Å². The Morgan fingerprint density at radius 2 is 0.753 bits per heavy atom.